The molecule has 0 unspecified atom stereocenters. The Morgan fingerprint density at radius 3 is 2.78 bits per heavy atom. The van der Waals surface area contributed by atoms with Crippen LogP contribution in [0.5, 0.6) is 0 Å². The van der Waals surface area contributed by atoms with Crippen molar-refractivity contribution in [2.75, 3.05) is 13.1 Å². The molecule has 0 bridgehead atoms. The fourth-order valence-corrected chi connectivity index (χ4v) is 3.38. The average molecular weight is 365 g/mol. The van der Waals surface area contributed by atoms with Crippen LogP contribution in [0.25, 0.3) is 11.4 Å². The lowest BCUT2D eigenvalue weighted by Crippen LogP contribution is -2.38. The second-order valence-electron chi connectivity index (χ2n) is 7.23. The maximum atomic E-state index is 12.9. The van der Waals surface area contributed by atoms with Gasteiger partial charge in [0.25, 0.3) is 5.91 Å². The van der Waals surface area contributed by atoms with Gasteiger partial charge in [-0.2, -0.15) is 4.98 Å². The van der Waals surface area contributed by atoms with Crippen LogP contribution in [0.2, 0.25) is 0 Å². The second kappa shape index (κ2) is 7.34. The average Bonchev–Trinajstić information content (AvgIpc) is 3.40. The highest BCUT2D eigenvalue weighted by Crippen LogP contribution is 2.28. The van der Waals surface area contributed by atoms with E-state index in [0.29, 0.717) is 24.5 Å². The van der Waals surface area contributed by atoms with Crippen LogP contribution >= 0.6 is 0 Å². The summed E-state index contributed by atoms with van der Waals surface area (Å²) in [7, 11) is 0. The van der Waals surface area contributed by atoms with Crippen molar-refractivity contribution >= 4 is 5.91 Å². The molecule has 3 heterocycles. The molecule has 1 amide bonds. The Labute approximate surface area is 157 Å². The van der Waals surface area contributed by atoms with Gasteiger partial charge in [-0.05, 0) is 25.0 Å². The molecule has 0 atom stereocenters. The number of benzene rings is 1. The van der Waals surface area contributed by atoms with E-state index in [-0.39, 0.29) is 17.7 Å². The van der Waals surface area contributed by atoms with Crippen LogP contribution in [-0.2, 0) is 0 Å². The summed E-state index contributed by atoms with van der Waals surface area (Å²) in [5.41, 5.74) is 1.59. The molecular formula is C20H23N5O2. The third-order valence-corrected chi connectivity index (χ3v) is 4.99. The van der Waals surface area contributed by atoms with E-state index in [1.165, 1.54) is 0 Å². The lowest BCUT2D eigenvalue weighted by Gasteiger charge is -2.30. The highest BCUT2D eigenvalue weighted by atomic mass is 16.5. The number of nitrogens with one attached hydrogen (secondary N) is 1. The fraction of sp³-hybridized carbons (Fsp3) is 0.400. The quantitative estimate of drug-likeness (QED) is 0.763. The summed E-state index contributed by atoms with van der Waals surface area (Å²) in [6.45, 7) is 5.47. The molecule has 2 aromatic heterocycles. The Morgan fingerprint density at radius 2 is 2.11 bits per heavy atom. The minimum absolute atomic E-state index is 0.0512. The van der Waals surface area contributed by atoms with Crippen molar-refractivity contribution in [3.05, 3.63) is 53.9 Å². The zero-order chi connectivity index (χ0) is 18.8. The smallest absolute Gasteiger partial charge is 0.253 e. The summed E-state index contributed by atoms with van der Waals surface area (Å²) in [4.78, 5) is 26.6. The molecule has 0 radical (unpaired) electrons. The molecule has 0 saturated carbocycles. The van der Waals surface area contributed by atoms with Gasteiger partial charge in [0.2, 0.25) is 5.89 Å². The van der Waals surface area contributed by atoms with E-state index < -0.39 is 0 Å². The summed E-state index contributed by atoms with van der Waals surface area (Å²) >= 11 is 0. The fourth-order valence-electron chi connectivity index (χ4n) is 3.38. The van der Waals surface area contributed by atoms with Crippen molar-refractivity contribution in [3.63, 3.8) is 0 Å². The van der Waals surface area contributed by atoms with Gasteiger partial charge in [-0.15, -0.1) is 0 Å². The Hall–Kier alpha value is -2.96. The van der Waals surface area contributed by atoms with Crippen LogP contribution in [0.15, 0.2) is 41.2 Å². The first-order chi connectivity index (χ1) is 13.1. The monoisotopic (exact) mass is 365 g/mol. The standard InChI is InChI=1S/C20H23N5O2/c1-13(2)17-23-19(27-24-17)14-6-10-25(11-7-14)20(26)16-5-3-4-15(12-16)18-21-8-9-22-18/h3-5,8-9,12-14H,6-7,10-11H2,1-2H3,(H,21,22). The summed E-state index contributed by atoms with van der Waals surface area (Å²) in [6, 6.07) is 7.58. The van der Waals surface area contributed by atoms with E-state index in [4.69, 9.17) is 4.52 Å². The molecule has 0 aliphatic carbocycles. The van der Waals surface area contributed by atoms with E-state index in [2.05, 4.69) is 20.1 Å². The van der Waals surface area contributed by atoms with Gasteiger partial charge in [-0.25, -0.2) is 4.98 Å². The lowest BCUT2D eigenvalue weighted by molar-refractivity contribution is 0.0704. The SMILES string of the molecule is CC(C)c1noc(C2CCN(C(=O)c3cccc(-c4ncc[nH]4)c3)CC2)n1. The second-order valence-corrected chi connectivity index (χ2v) is 7.23. The first kappa shape index (κ1) is 17.5. The Morgan fingerprint density at radius 1 is 1.30 bits per heavy atom. The highest BCUT2D eigenvalue weighted by Gasteiger charge is 2.28. The lowest BCUT2D eigenvalue weighted by atomic mass is 9.96. The first-order valence-corrected chi connectivity index (χ1v) is 9.34. The maximum absolute atomic E-state index is 12.9. The number of amides is 1. The number of aromatic amines is 1. The molecule has 1 aromatic carbocycles. The van der Waals surface area contributed by atoms with Gasteiger partial charge in [-0.3, -0.25) is 4.79 Å². The summed E-state index contributed by atoms with van der Waals surface area (Å²) in [5.74, 6) is 2.74. The summed E-state index contributed by atoms with van der Waals surface area (Å²) in [6.07, 6.45) is 5.15. The first-order valence-electron chi connectivity index (χ1n) is 9.34. The summed E-state index contributed by atoms with van der Waals surface area (Å²) < 4.78 is 5.43. The molecule has 3 aromatic rings. The van der Waals surface area contributed by atoms with Gasteiger partial charge in [0.1, 0.15) is 5.82 Å². The predicted octanol–water partition coefficient (Wildman–Crippen LogP) is 3.60. The van der Waals surface area contributed by atoms with Crippen molar-refractivity contribution in [2.45, 2.75) is 38.5 Å². The predicted molar refractivity (Wildman–Crippen MR) is 100 cm³/mol. The van der Waals surface area contributed by atoms with Crippen LogP contribution in [0, 0.1) is 0 Å². The van der Waals surface area contributed by atoms with Crippen molar-refractivity contribution < 1.29 is 9.32 Å². The molecule has 0 spiro atoms. The zero-order valence-electron chi connectivity index (χ0n) is 15.6. The number of rotatable bonds is 4. The molecule has 1 saturated heterocycles. The normalized spacial score (nSPS) is 15.4. The number of H-pyrrole nitrogens is 1. The Balaban J connectivity index is 1.42. The van der Waals surface area contributed by atoms with Gasteiger partial charge in [0, 0.05) is 48.4 Å². The molecule has 1 aliphatic heterocycles. The Bertz CT molecular complexity index is 908. The largest absolute Gasteiger partial charge is 0.345 e. The van der Waals surface area contributed by atoms with E-state index in [1.54, 1.807) is 12.4 Å². The van der Waals surface area contributed by atoms with Crippen LogP contribution in [-0.4, -0.2) is 44.0 Å². The number of nitrogens with zero attached hydrogens (tertiary/aromatic N) is 4. The van der Waals surface area contributed by atoms with Gasteiger partial charge in [-0.1, -0.05) is 31.1 Å². The van der Waals surface area contributed by atoms with E-state index in [9.17, 15) is 4.79 Å². The van der Waals surface area contributed by atoms with E-state index >= 15 is 0 Å². The molecule has 7 heteroatoms. The maximum Gasteiger partial charge on any atom is 0.253 e. The minimum atomic E-state index is 0.0512. The number of likely N-dealkylation sites (tertiary alicyclic amines) is 1. The minimum Gasteiger partial charge on any atom is -0.345 e. The number of hydrogen-bond donors (Lipinski definition) is 1. The van der Waals surface area contributed by atoms with Crippen molar-refractivity contribution in [2.24, 2.45) is 0 Å². The topological polar surface area (TPSA) is 87.9 Å². The number of aromatic nitrogens is 4. The number of carbonyl (C=O) groups is 1. The molecule has 4 rings (SSSR count). The third-order valence-electron chi connectivity index (χ3n) is 4.99. The van der Waals surface area contributed by atoms with Crippen molar-refractivity contribution in [1.29, 1.82) is 0 Å². The van der Waals surface area contributed by atoms with Crippen molar-refractivity contribution in [3.8, 4) is 11.4 Å². The highest BCUT2D eigenvalue weighted by molar-refractivity contribution is 5.95. The number of imidazole rings is 1. The van der Waals surface area contributed by atoms with Gasteiger partial charge in [0.05, 0.1) is 0 Å². The van der Waals surface area contributed by atoms with Crippen LogP contribution in [0.4, 0.5) is 0 Å². The Kier molecular flexibility index (Phi) is 4.75. The number of hydrogen-bond acceptors (Lipinski definition) is 5. The van der Waals surface area contributed by atoms with Crippen LogP contribution in [0.3, 0.4) is 0 Å². The van der Waals surface area contributed by atoms with Crippen LogP contribution in [0.1, 0.15) is 60.6 Å². The van der Waals surface area contributed by atoms with Crippen LogP contribution < -0.4 is 0 Å². The third kappa shape index (κ3) is 3.63. The van der Waals surface area contributed by atoms with Gasteiger partial charge < -0.3 is 14.4 Å². The van der Waals surface area contributed by atoms with Crippen molar-refractivity contribution in [1.82, 2.24) is 25.0 Å². The molecule has 1 N–H and O–H groups in total. The van der Waals surface area contributed by atoms with E-state index in [1.807, 2.05) is 43.0 Å². The zero-order valence-corrected chi connectivity index (χ0v) is 15.6. The molecular weight excluding hydrogens is 342 g/mol. The molecule has 140 valence electrons. The molecule has 1 fully saturated rings. The molecule has 27 heavy (non-hydrogen) atoms. The molecule has 1 aliphatic rings. The molecule has 7 nitrogen and oxygen atoms in total. The van der Waals surface area contributed by atoms with E-state index in [0.717, 1.165) is 30.1 Å². The van der Waals surface area contributed by atoms with Gasteiger partial charge >= 0.3 is 0 Å². The number of piperidine rings is 1. The van der Waals surface area contributed by atoms with Gasteiger partial charge in [0.15, 0.2) is 5.82 Å². The number of carbonyl (C=O) groups excluding carboxylic acids is 1. The summed E-state index contributed by atoms with van der Waals surface area (Å²) in [5, 5.41) is 4.05.